The van der Waals surface area contributed by atoms with Gasteiger partial charge in [0, 0.05) is 28.2 Å². The van der Waals surface area contributed by atoms with Crippen molar-refractivity contribution >= 4 is 53.2 Å². The molecule has 0 aliphatic carbocycles. The normalized spacial score (nSPS) is 19.0. The van der Waals surface area contributed by atoms with E-state index >= 15 is 0 Å². The zero-order valence-corrected chi connectivity index (χ0v) is 15.2. The Morgan fingerprint density at radius 2 is 2.14 bits per heavy atom. The molecule has 0 radical (unpaired) electrons. The molecular weight excluding hydrogens is 401 g/mol. The molecule has 1 aliphatic rings. The minimum atomic E-state index is -3.95. The Bertz CT molecular complexity index is 678. The van der Waals surface area contributed by atoms with Gasteiger partial charge in [0.25, 0.3) is 15.0 Å². The molecule has 0 saturated carbocycles. The number of halogens is 3. The topological polar surface area (TPSA) is 54.5 Å². The van der Waals surface area contributed by atoms with Crippen LogP contribution in [0.2, 0.25) is 5.02 Å². The van der Waals surface area contributed by atoms with Gasteiger partial charge in [0.2, 0.25) is 0 Å². The molecule has 116 valence electrons. The van der Waals surface area contributed by atoms with E-state index in [0.29, 0.717) is 19.0 Å². The average Bonchev–Trinajstić information content (AvgIpc) is 2.85. The van der Waals surface area contributed by atoms with Gasteiger partial charge in [-0.2, -0.15) is 0 Å². The van der Waals surface area contributed by atoms with E-state index in [1.165, 1.54) is 12.1 Å². The highest BCUT2D eigenvalue weighted by atomic mass is 79.9. The largest absolute Gasteiger partial charge is 0.338 e. The lowest BCUT2D eigenvalue weighted by Crippen LogP contribution is -2.29. The number of hydrogen-bond donors (Lipinski definition) is 0. The summed E-state index contributed by atoms with van der Waals surface area (Å²) in [6.07, 6.45) is 1.97. The molecule has 1 unspecified atom stereocenters. The second kappa shape index (κ2) is 6.44. The molecule has 1 fully saturated rings. The van der Waals surface area contributed by atoms with Crippen molar-refractivity contribution < 1.29 is 13.2 Å². The highest BCUT2D eigenvalue weighted by Crippen LogP contribution is 2.32. The van der Waals surface area contributed by atoms with Crippen LogP contribution in [0.25, 0.3) is 0 Å². The maximum absolute atomic E-state index is 12.5. The number of carbonyl (C=O) groups excluding carboxylic acids is 1. The standard InChI is InChI=1S/C13H14BrCl2NO3S/c1-2-8-3-4-17(7-8)13(18)9-5-12(21(16,19)20)10(14)6-11(9)15/h5-6,8H,2-4,7H2,1H3. The van der Waals surface area contributed by atoms with Crippen molar-refractivity contribution in [1.29, 1.82) is 0 Å². The van der Waals surface area contributed by atoms with Crippen LogP contribution in [-0.2, 0) is 9.05 Å². The molecule has 1 atom stereocenters. The van der Waals surface area contributed by atoms with Crippen LogP contribution in [0.5, 0.6) is 0 Å². The molecule has 1 aromatic carbocycles. The predicted molar refractivity (Wildman–Crippen MR) is 86.5 cm³/mol. The van der Waals surface area contributed by atoms with Gasteiger partial charge >= 0.3 is 0 Å². The van der Waals surface area contributed by atoms with Crippen molar-refractivity contribution in [2.75, 3.05) is 13.1 Å². The summed E-state index contributed by atoms with van der Waals surface area (Å²) in [7, 11) is 1.42. The van der Waals surface area contributed by atoms with Crippen LogP contribution in [-0.4, -0.2) is 32.3 Å². The lowest BCUT2D eigenvalue weighted by atomic mass is 10.1. The van der Waals surface area contributed by atoms with Crippen molar-refractivity contribution in [2.45, 2.75) is 24.7 Å². The Morgan fingerprint density at radius 3 is 2.67 bits per heavy atom. The third-order valence-corrected chi connectivity index (χ3v) is 6.26. The molecule has 1 amide bonds. The molecule has 4 nitrogen and oxygen atoms in total. The lowest BCUT2D eigenvalue weighted by Gasteiger charge is -2.18. The van der Waals surface area contributed by atoms with E-state index < -0.39 is 9.05 Å². The molecule has 0 N–H and O–H groups in total. The highest BCUT2D eigenvalue weighted by Gasteiger charge is 2.28. The van der Waals surface area contributed by atoms with Crippen LogP contribution >= 0.6 is 38.2 Å². The van der Waals surface area contributed by atoms with Gasteiger partial charge in [-0.05, 0) is 40.4 Å². The maximum atomic E-state index is 12.5. The van der Waals surface area contributed by atoms with Gasteiger partial charge in [-0.15, -0.1) is 0 Å². The smallest absolute Gasteiger partial charge is 0.262 e. The maximum Gasteiger partial charge on any atom is 0.262 e. The van der Waals surface area contributed by atoms with Crippen molar-refractivity contribution in [2.24, 2.45) is 5.92 Å². The molecule has 1 saturated heterocycles. The van der Waals surface area contributed by atoms with E-state index in [-0.39, 0.29) is 25.9 Å². The SMILES string of the molecule is CCC1CCN(C(=O)c2cc(S(=O)(=O)Cl)c(Br)cc2Cl)C1. The third kappa shape index (κ3) is 3.73. The fourth-order valence-corrected chi connectivity index (χ4v) is 4.97. The first-order chi connectivity index (χ1) is 9.74. The van der Waals surface area contributed by atoms with Crippen molar-refractivity contribution in [1.82, 2.24) is 4.90 Å². The monoisotopic (exact) mass is 413 g/mol. The fourth-order valence-electron chi connectivity index (χ4n) is 2.40. The summed E-state index contributed by atoms with van der Waals surface area (Å²) < 4.78 is 23.3. The summed E-state index contributed by atoms with van der Waals surface area (Å²) in [5.74, 6) is 0.226. The first-order valence-electron chi connectivity index (χ1n) is 6.47. The number of carbonyl (C=O) groups is 1. The van der Waals surface area contributed by atoms with Crippen LogP contribution in [0.3, 0.4) is 0 Å². The number of amides is 1. The summed E-state index contributed by atoms with van der Waals surface area (Å²) in [5.41, 5.74) is 0.163. The second-order valence-corrected chi connectivity index (χ2v) is 8.81. The van der Waals surface area contributed by atoms with Crippen LogP contribution in [0, 0.1) is 5.92 Å². The van der Waals surface area contributed by atoms with Gasteiger partial charge in [0.1, 0.15) is 0 Å². The molecule has 2 rings (SSSR count). The Kier molecular flexibility index (Phi) is 5.23. The lowest BCUT2D eigenvalue weighted by molar-refractivity contribution is 0.0787. The number of rotatable bonds is 3. The average molecular weight is 415 g/mol. The van der Waals surface area contributed by atoms with Gasteiger partial charge in [-0.25, -0.2) is 8.42 Å². The van der Waals surface area contributed by atoms with Crippen LogP contribution in [0.4, 0.5) is 0 Å². The van der Waals surface area contributed by atoms with E-state index in [2.05, 4.69) is 22.9 Å². The molecule has 0 bridgehead atoms. The Morgan fingerprint density at radius 1 is 1.48 bits per heavy atom. The fraction of sp³-hybridized carbons (Fsp3) is 0.462. The van der Waals surface area contributed by atoms with E-state index in [9.17, 15) is 13.2 Å². The van der Waals surface area contributed by atoms with Gasteiger partial charge < -0.3 is 4.90 Å². The third-order valence-electron chi connectivity index (χ3n) is 3.67. The minimum absolute atomic E-state index is 0.150. The number of hydrogen-bond acceptors (Lipinski definition) is 3. The summed E-state index contributed by atoms with van der Waals surface area (Å²) in [6, 6.07) is 2.62. The highest BCUT2D eigenvalue weighted by molar-refractivity contribution is 9.10. The molecule has 21 heavy (non-hydrogen) atoms. The first kappa shape index (κ1) is 17.1. The zero-order chi connectivity index (χ0) is 15.8. The van der Waals surface area contributed by atoms with Crippen LogP contribution in [0.1, 0.15) is 30.1 Å². The predicted octanol–water partition coefficient (Wildman–Crippen LogP) is 3.90. The van der Waals surface area contributed by atoms with E-state index in [0.717, 1.165) is 12.8 Å². The van der Waals surface area contributed by atoms with E-state index in [4.69, 9.17) is 22.3 Å². The van der Waals surface area contributed by atoms with Gasteiger partial charge in [-0.1, -0.05) is 24.9 Å². The van der Waals surface area contributed by atoms with Crippen LogP contribution < -0.4 is 0 Å². The molecule has 1 aromatic rings. The van der Waals surface area contributed by atoms with Crippen molar-refractivity contribution in [3.05, 3.63) is 27.2 Å². The summed E-state index contributed by atoms with van der Waals surface area (Å²) in [6.45, 7) is 3.42. The molecule has 0 spiro atoms. The molecule has 1 aliphatic heterocycles. The quantitative estimate of drug-likeness (QED) is 0.704. The van der Waals surface area contributed by atoms with E-state index in [1.54, 1.807) is 4.90 Å². The van der Waals surface area contributed by atoms with Crippen molar-refractivity contribution in [3.63, 3.8) is 0 Å². The number of benzene rings is 1. The minimum Gasteiger partial charge on any atom is -0.338 e. The zero-order valence-electron chi connectivity index (χ0n) is 11.3. The first-order valence-corrected chi connectivity index (χ1v) is 9.95. The van der Waals surface area contributed by atoms with Gasteiger partial charge in [-0.3, -0.25) is 4.79 Å². The van der Waals surface area contributed by atoms with E-state index in [1.807, 2.05) is 0 Å². The molecule has 0 aromatic heterocycles. The number of nitrogens with zero attached hydrogens (tertiary/aromatic N) is 1. The Labute approximate surface area is 142 Å². The van der Waals surface area contributed by atoms with Gasteiger partial charge in [0.05, 0.1) is 15.5 Å². The van der Waals surface area contributed by atoms with Crippen molar-refractivity contribution in [3.8, 4) is 0 Å². The second-order valence-electron chi connectivity index (χ2n) is 5.01. The summed E-state index contributed by atoms with van der Waals surface area (Å²) >= 11 is 9.18. The van der Waals surface area contributed by atoms with Crippen LogP contribution in [0.15, 0.2) is 21.5 Å². The number of likely N-dealkylation sites (tertiary alicyclic amines) is 1. The molecule has 1 heterocycles. The Balaban J connectivity index is 2.38. The van der Waals surface area contributed by atoms with Gasteiger partial charge in [0.15, 0.2) is 0 Å². The molecular formula is C13H14BrCl2NO3S. The Hall–Kier alpha value is -0.300. The molecule has 8 heteroatoms. The summed E-state index contributed by atoms with van der Waals surface area (Å²) in [4.78, 5) is 14.1. The summed E-state index contributed by atoms with van der Waals surface area (Å²) in [5, 5.41) is 0.205.